The first-order valence-electron chi connectivity index (χ1n) is 11.9. The third kappa shape index (κ3) is 7.25. The number of rotatable bonds is 11. The minimum absolute atomic E-state index is 0.128. The van der Waals surface area contributed by atoms with E-state index in [9.17, 15) is 22.8 Å². The molecule has 3 rings (SSSR count). The highest BCUT2D eigenvalue weighted by Gasteiger charge is 2.21. The maximum Gasteiger partial charge on any atom is 0.255 e. The molecule has 0 atom stereocenters. The fraction of sp³-hybridized carbons (Fsp3) is 0.222. The van der Waals surface area contributed by atoms with E-state index in [1.54, 1.807) is 62.4 Å². The van der Waals surface area contributed by atoms with E-state index < -0.39 is 15.9 Å². The molecule has 3 aromatic carbocycles. The van der Waals surface area contributed by atoms with Crippen LogP contribution in [0.4, 0.5) is 5.69 Å². The highest BCUT2D eigenvalue weighted by molar-refractivity contribution is 7.89. The number of nitrogens with one attached hydrogen (secondary N) is 3. The van der Waals surface area contributed by atoms with Gasteiger partial charge in [0.2, 0.25) is 10.0 Å². The van der Waals surface area contributed by atoms with Gasteiger partial charge in [-0.3, -0.25) is 14.4 Å². The first kappa shape index (κ1) is 27.6. The van der Waals surface area contributed by atoms with Gasteiger partial charge in [0.15, 0.2) is 0 Å². The lowest BCUT2D eigenvalue weighted by Crippen LogP contribution is -2.34. The van der Waals surface area contributed by atoms with Crippen LogP contribution < -0.4 is 16.0 Å². The number of benzene rings is 3. The Labute approximate surface area is 216 Å². The van der Waals surface area contributed by atoms with Crippen molar-refractivity contribution in [2.75, 3.05) is 31.5 Å². The van der Waals surface area contributed by atoms with Gasteiger partial charge >= 0.3 is 0 Å². The van der Waals surface area contributed by atoms with Gasteiger partial charge < -0.3 is 16.0 Å². The Balaban J connectivity index is 1.50. The topological polar surface area (TPSA) is 125 Å². The standard InChI is InChI=1S/C27H30N4O5S/c1-3-31(4-2)37(35,36)24-16-12-22(13-17-24)27(34)30-23-14-10-21(11-15-23)26(33)29-19-18-28-25(32)20-8-6-5-7-9-20/h5-17H,3-4,18-19H2,1-2H3,(H,28,32)(H,29,33)(H,30,34). The van der Waals surface area contributed by atoms with Crippen LogP contribution in [0.3, 0.4) is 0 Å². The van der Waals surface area contributed by atoms with Crippen molar-refractivity contribution in [2.24, 2.45) is 0 Å². The zero-order valence-electron chi connectivity index (χ0n) is 20.7. The summed E-state index contributed by atoms with van der Waals surface area (Å²) in [6.45, 7) is 4.80. The third-order valence-corrected chi connectivity index (χ3v) is 7.66. The first-order valence-corrected chi connectivity index (χ1v) is 13.3. The molecule has 0 spiro atoms. The van der Waals surface area contributed by atoms with Crippen LogP contribution in [0.5, 0.6) is 0 Å². The molecular formula is C27H30N4O5S. The highest BCUT2D eigenvalue weighted by atomic mass is 32.2. The molecule has 0 saturated carbocycles. The van der Waals surface area contributed by atoms with E-state index in [1.165, 1.54) is 28.6 Å². The average molecular weight is 523 g/mol. The molecule has 0 heterocycles. The number of hydrogen-bond acceptors (Lipinski definition) is 5. The Morgan fingerprint density at radius 3 is 1.62 bits per heavy atom. The van der Waals surface area contributed by atoms with Gasteiger partial charge in [-0.05, 0) is 60.7 Å². The number of carbonyl (C=O) groups excluding carboxylic acids is 3. The zero-order chi connectivity index (χ0) is 26.8. The number of carbonyl (C=O) groups is 3. The van der Waals surface area contributed by atoms with Crippen LogP contribution >= 0.6 is 0 Å². The summed E-state index contributed by atoms with van der Waals surface area (Å²) in [6.07, 6.45) is 0. The second kappa shape index (κ2) is 12.8. The Kier molecular flexibility index (Phi) is 9.53. The molecule has 0 aliphatic heterocycles. The molecule has 3 amide bonds. The largest absolute Gasteiger partial charge is 0.350 e. The molecule has 9 nitrogen and oxygen atoms in total. The Morgan fingerprint density at radius 2 is 1.11 bits per heavy atom. The molecule has 0 aliphatic carbocycles. The molecule has 0 radical (unpaired) electrons. The van der Waals surface area contributed by atoms with Crippen molar-refractivity contribution in [1.82, 2.24) is 14.9 Å². The van der Waals surface area contributed by atoms with Crippen LogP contribution in [-0.4, -0.2) is 56.6 Å². The summed E-state index contributed by atoms with van der Waals surface area (Å²) >= 11 is 0. The smallest absolute Gasteiger partial charge is 0.255 e. The Bertz CT molecular complexity index is 1320. The van der Waals surface area contributed by atoms with Crippen LogP contribution in [0.2, 0.25) is 0 Å². The lowest BCUT2D eigenvalue weighted by Gasteiger charge is -2.18. The van der Waals surface area contributed by atoms with Crippen LogP contribution in [0, 0.1) is 0 Å². The van der Waals surface area contributed by atoms with Gasteiger partial charge in [0.05, 0.1) is 4.90 Å². The summed E-state index contributed by atoms with van der Waals surface area (Å²) in [5, 5.41) is 8.20. The predicted octanol–water partition coefficient (Wildman–Crippen LogP) is 3.13. The highest BCUT2D eigenvalue weighted by Crippen LogP contribution is 2.17. The van der Waals surface area contributed by atoms with Crippen LogP contribution in [-0.2, 0) is 10.0 Å². The fourth-order valence-corrected chi connectivity index (χ4v) is 5.00. The van der Waals surface area contributed by atoms with Crippen molar-refractivity contribution >= 4 is 33.4 Å². The van der Waals surface area contributed by atoms with E-state index in [4.69, 9.17) is 0 Å². The van der Waals surface area contributed by atoms with Crippen LogP contribution in [0.1, 0.15) is 44.9 Å². The van der Waals surface area contributed by atoms with Gasteiger partial charge in [-0.15, -0.1) is 0 Å². The monoisotopic (exact) mass is 522 g/mol. The number of amides is 3. The summed E-state index contributed by atoms with van der Waals surface area (Å²) in [6, 6.07) is 20.9. The van der Waals surface area contributed by atoms with E-state index in [0.717, 1.165) is 0 Å². The first-order chi connectivity index (χ1) is 17.8. The summed E-state index contributed by atoms with van der Waals surface area (Å²) in [4.78, 5) is 37.1. The zero-order valence-corrected chi connectivity index (χ0v) is 21.5. The molecule has 0 bridgehead atoms. The van der Waals surface area contributed by atoms with Crippen molar-refractivity contribution in [3.8, 4) is 0 Å². The van der Waals surface area contributed by atoms with Crippen molar-refractivity contribution in [2.45, 2.75) is 18.7 Å². The van der Waals surface area contributed by atoms with Gasteiger partial charge in [-0.2, -0.15) is 4.31 Å². The predicted molar refractivity (Wildman–Crippen MR) is 142 cm³/mol. The number of hydrogen-bond donors (Lipinski definition) is 3. The van der Waals surface area contributed by atoms with E-state index in [-0.39, 0.29) is 29.8 Å². The van der Waals surface area contributed by atoms with E-state index in [2.05, 4.69) is 16.0 Å². The van der Waals surface area contributed by atoms with Crippen molar-refractivity contribution in [1.29, 1.82) is 0 Å². The van der Waals surface area contributed by atoms with Gasteiger partial charge in [0, 0.05) is 48.6 Å². The molecule has 0 saturated heterocycles. The lowest BCUT2D eigenvalue weighted by atomic mass is 10.1. The molecular weight excluding hydrogens is 492 g/mol. The minimum atomic E-state index is -3.60. The summed E-state index contributed by atoms with van der Waals surface area (Å²) < 4.78 is 26.5. The molecule has 3 N–H and O–H groups in total. The van der Waals surface area contributed by atoms with Crippen molar-refractivity contribution < 1.29 is 22.8 Å². The quantitative estimate of drug-likeness (QED) is 0.334. The SMILES string of the molecule is CCN(CC)S(=O)(=O)c1ccc(C(=O)Nc2ccc(C(=O)NCCNC(=O)c3ccccc3)cc2)cc1. The number of sulfonamides is 1. The maximum atomic E-state index is 12.6. The second-order valence-corrected chi connectivity index (χ2v) is 9.96. The summed E-state index contributed by atoms with van der Waals surface area (Å²) in [5.74, 6) is -0.926. The molecule has 194 valence electrons. The van der Waals surface area contributed by atoms with Gasteiger partial charge in [0.1, 0.15) is 0 Å². The van der Waals surface area contributed by atoms with Crippen LogP contribution in [0.25, 0.3) is 0 Å². The van der Waals surface area contributed by atoms with Crippen molar-refractivity contribution in [3.63, 3.8) is 0 Å². The summed E-state index contributed by atoms with van der Waals surface area (Å²) in [5.41, 5.74) is 1.74. The van der Waals surface area contributed by atoms with E-state index >= 15 is 0 Å². The van der Waals surface area contributed by atoms with Gasteiger partial charge in [-0.1, -0.05) is 32.0 Å². The Hall–Kier alpha value is -4.02. The van der Waals surface area contributed by atoms with Crippen LogP contribution in [0.15, 0.2) is 83.8 Å². The normalized spacial score (nSPS) is 11.1. The van der Waals surface area contributed by atoms with E-state index in [1.807, 2.05) is 6.07 Å². The van der Waals surface area contributed by atoms with Gasteiger partial charge in [0.25, 0.3) is 17.7 Å². The molecule has 0 aromatic heterocycles. The molecule has 0 fully saturated rings. The van der Waals surface area contributed by atoms with E-state index in [0.29, 0.717) is 35.5 Å². The van der Waals surface area contributed by atoms with Gasteiger partial charge in [-0.25, -0.2) is 8.42 Å². The molecule has 37 heavy (non-hydrogen) atoms. The summed E-state index contributed by atoms with van der Waals surface area (Å²) in [7, 11) is -3.60. The molecule has 0 unspecified atom stereocenters. The van der Waals surface area contributed by atoms with Crippen molar-refractivity contribution in [3.05, 3.63) is 95.6 Å². The molecule has 10 heteroatoms. The number of anilines is 1. The lowest BCUT2D eigenvalue weighted by molar-refractivity contribution is 0.0927. The minimum Gasteiger partial charge on any atom is -0.350 e. The Morgan fingerprint density at radius 1 is 0.649 bits per heavy atom. The second-order valence-electron chi connectivity index (χ2n) is 8.02. The molecule has 3 aromatic rings. The third-order valence-electron chi connectivity index (χ3n) is 5.60. The fourth-order valence-electron chi connectivity index (χ4n) is 3.54. The molecule has 0 aliphatic rings. The maximum absolute atomic E-state index is 12.6. The average Bonchev–Trinajstić information content (AvgIpc) is 2.92. The number of nitrogens with zero attached hydrogens (tertiary/aromatic N) is 1.